The lowest BCUT2D eigenvalue weighted by Gasteiger charge is -2.18. The van der Waals surface area contributed by atoms with Crippen molar-refractivity contribution in [2.75, 3.05) is 7.05 Å². The minimum absolute atomic E-state index is 0.0922. The van der Waals surface area contributed by atoms with Crippen LogP contribution in [0.5, 0.6) is 0 Å². The number of nitro groups is 1. The van der Waals surface area contributed by atoms with Gasteiger partial charge in [0.2, 0.25) is 6.41 Å². The molecule has 0 aliphatic rings. The van der Waals surface area contributed by atoms with Gasteiger partial charge in [-0.1, -0.05) is 11.6 Å². The van der Waals surface area contributed by atoms with Crippen molar-refractivity contribution in [2.45, 2.75) is 6.54 Å². The van der Waals surface area contributed by atoms with Crippen LogP contribution in [0.15, 0.2) is 18.2 Å². The molecule has 1 aromatic rings. The van der Waals surface area contributed by atoms with Gasteiger partial charge in [-0.15, -0.1) is 11.3 Å². The van der Waals surface area contributed by atoms with Crippen LogP contribution in [-0.2, 0) is 11.3 Å². The fourth-order valence-corrected chi connectivity index (χ4v) is 2.11. The Morgan fingerprint density at radius 2 is 2.53 bits per heavy atom. The predicted octanol–water partition coefficient (Wildman–Crippen LogP) is 1.05. The number of carbonyl (C=O) groups is 1. The van der Waals surface area contributed by atoms with Gasteiger partial charge >= 0.3 is 0 Å². The molecule has 17 heavy (non-hydrogen) atoms. The summed E-state index contributed by atoms with van der Waals surface area (Å²) in [6.45, 7) is 0.366. The number of nitrogens with one attached hydrogen (secondary N) is 1. The van der Waals surface area contributed by atoms with Gasteiger partial charge in [-0.05, 0) is 0 Å². The summed E-state index contributed by atoms with van der Waals surface area (Å²) in [6, 6.07) is 0. The first-order valence-corrected chi connectivity index (χ1v) is 5.59. The molecule has 0 aliphatic heterocycles. The fraction of sp³-hybridized carbons (Fsp3) is 0.250. The molecule has 0 unspecified atom stereocenters. The van der Waals surface area contributed by atoms with Crippen LogP contribution in [0.25, 0.3) is 0 Å². The van der Waals surface area contributed by atoms with E-state index in [4.69, 9.17) is 11.6 Å². The number of nitrogens with zero attached hydrogens (tertiary/aromatic N) is 3. The van der Waals surface area contributed by atoms with Crippen molar-refractivity contribution in [1.82, 2.24) is 15.2 Å². The monoisotopic (exact) mass is 276 g/mol. The average molecular weight is 277 g/mol. The summed E-state index contributed by atoms with van der Waals surface area (Å²) in [5, 5.41) is 12.6. The molecule has 0 aliphatic carbocycles. The van der Waals surface area contributed by atoms with E-state index >= 15 is 0 Å². The number of halogens is 1. The number of thiazole rings is 1. The van der Waals surface area contributed by atoms with Crippen LogP contribution in [0.1, 0.15) is 4.88 Å². The zero-order chi connectivity index (χ0) is 12.8. The van der Waals surface area contributed by atoms with E-state index in [9.17, 15) is 14.9 Å². The maximum Gasteiger partial charge on any atom is 0.274 e. The Kier molecular flexibility index (Phi) is 4.85. The minimum atomic E-state index is -0.637. The van der Waals surface area contributed by atoms with Crippen LogP contribution >= 0.6 is 22.9 Å². The van der Waals surface area contributed by atoms with E-state index in [1.165, 1.54) is 16.2 Å². The Morgan fingerprint density at radius 3 is 3.00 bits per heavy atom. The Balaban J connectivity index is 2.74. The van der Waals surface area contributed by atoms with E-state index in [1.54, 1.807) is 13.2 Å². The molecule has 0 fully saturated rings. The second-order valence-electron chi connectivity index (χ2n) is 3.00. The first-order chi connectivity index (χ1) is 8.02. The summed E-state index contributed by atoms with van der Waals surface area (Å²) >= 11 is 6.93. The van der Waals surface area contributed by atoms with Gasteiger partial charge in [0.05, 0.1) is 11.5 Å². The summed E-state index contributed by atoms with van der Waals surface area (Å²) < 4.78 is 0.400. The summed E-state index contributed by atoms with van der Waals surface area (Å²) in [5.41, 5.74) is 0. The van der Waals surface area contributed by atoms with Gasteiger partial charge in [-0.3, -0.25) is 14.9 Å². The molecule has 1 N–H and O–H groups in total. The summed E-state index contributed by atoms with van der Waals surface area (Å²) in [5.74, 6) is 0.0922. The lowest BCUT2D eigenvalue weighted by molar-refractivity contribution is -0.404. The van der Waals surface area contributed by atoms with Crippen LogP contribution in [0.3, 0.4) is 0 Å². The van der Waals surface area contributed by atoms with Gasteiger partial charge in [0.25, 0.3) is 6.20 Å². The molecule has 1 amide bonds. The van der Waals surface area contributed by atoms with Crippen molar-refractivity contribution in [3.8, 4) is 0 Å². The molecule has 1 heterocycles. The van der Waals surface area contributed by atoms with Gasteiger partial charge in [0.15, 0.2) is 10.3 Å². The van der Waals surface area contributed by atoms with Gasteiger partial charge < -0.3 is 10.2 Å². The number of aromatic nitrogens is 1. The molecule has 1 aromatic heterocycles. The highest BCUT2D eigenvalue weighted by molar-refractivity contribution is 7.15. The summed E-state index contributed by atoms with van der Waals surface area (Å²) in [6.07, 6.45) is 2.68. The Hall–Kier alpha value is -1.67. The fourth-order valence-electron chi connectivity index (χ4n) is 1.08. The molecule has 1 rings (SSSR count). The first-order valence-electron chi connectivity index (χ1n) is 4.39. The molecule has 0 radical (unpaired) electrons. The molecule has 0 bridgehead atoms. The van der Waals surface area contributed by atoms with Crippen LogP contribution in [-0.4, -0.2) is 28.3 Å². The SMILES string of the molecule is CN(Cc1cnc(Cl)s1)C(=C[N+](=O)[O-])NC=O. The summed E-state index contributed by atoms with van der Waals surface area (Å²) in [7, 11) is 1.61. The van der Waals surface area contributed by atoms with Crippen molar-refractivity contribution >= 4 is 29.3 Å². The minimum Gasteiger partial charge on any atom is -0.351 e. The maximum absolute atomic E-state index is 10.4. The Morgan fingerprint density at radius 1 is 1.82 bits per heavy atom. The quantitative estimate of drug-likeness (QED) is 0.477. The largest absolute Gasteiger partial charge is 0.351 e. The van der Waals surface area contributed by atoms with Crippen molar-refractivity contribution in [3.05, 3.63) is 37.7 Å². The lowest BCUT2D eigenvalue weighted by Crippen LogP contribution is -2.28. The van der Waals surface area contributed by atoms with Crippen molar-refractivity contribution in [2.24, 2.45) is 0 Å². The van der Waals surface area contributed by atoms with Crippen molar-refractivity contribution in [3.63, 3.8) is 0 Å². The Bertz CT molecular complexity index is 448. The van der Waals surface area contributed by atoms with E-state index in [0.717, 1.165) is 11.1 Å². The molecule has 0 spiro atoms. The third kappa shape index (κ3) is 4.37. The number of hydrogen-bond acceptors (Lipinski definition) is 6. The summed E-state index contributed by atoms with van der Waals surface area (Å²) in [4.78, 5) is 26.2. The molecule has 9 heteroatoms. The molecule has 7 nitrogen and oxygen atoms in total. The zero-order valence-corrected chi connectivity index (χ0v) is 10.4. The Labute approximate surface area is 106 Å². The maximum atomic E-state index is 10.4. The molecule has 0 aromatic carbocycles. The van der Waals surface area contributed by atoms with Crippen LogP contribution < -0.4 is 5.32 Å². The van der Waals surface area contributed by atoms with Crippen molar-refractivity contribution < 1.29 is 9.72 Å². The number of carbonyl (C=O) groups excluding carboxylic acids is 1. The van der Waals surface area contributed by atoms with Crippen molar-refractivity contribution in [1.29, 1.82) is 0 Å². The van der Waals surface area contributed by atoms with E-state index in [0.29, 0.717) is 17.4 Å². The van der Waals surface area contributed by atoms with Crippen LogP contribution in [0.4, 0.5) is 0 Å². The molecular weight excluding hydrogens is 268 g/mol. The van der Waals surface area contributed by atoms with Crippen LogP contribution in [0.2, 0.25) is 4.47 Å². The number of hydrogen-bond donors (Lipinski definition) is 1. The highest BCUT2D eigenvalue weighted by atomic mass is 35.5. The van der Waals surface area contributed by atoms with Gasteiger partial charge in [-0.25, -0.2) is 4.98 Å². The molecule has 0 saturated carbocycles. The third-order valence-corrected chi connectivity index (χ3v) is 2.86. The van der Waals surface area contributed by atoms with Gasteiger partial charge in [0.1, 0.15) is 0 Å². The van der Waals surface area contributed by atoms with E-state index in [1.807, 2.05) is 0 Å². The normalized spacial score (nSPS) is 11.1. The van der Waals surface area contributed by atoms with Gasteiger partial charge in [0, 0.05) is 18.1 Å². The third-order valence-electron chi connectivity index (χ3n) is 1.76. The smallest absolute Gasteiger partial charge is 0.274 e. The molecular formula is C8H9ClN4O3S. The zero-order valence-electron chi connectivity index (χ0n) is 8.79. The van der Waals surface area contributed by atoms with Crippen LogP contribution in [0, 0.1) is 10.1 Å². The number of rotatable bonds is 6. The standard InChI is InChI=1S/C8H9ClN4O3S/c1-12(3-6-2-10-8(9)17-6)7(11-5-14)4-13(15)16/h2,4-5H,3H2,1H3,(H,11,14). The average Bonchev–Trinajstić information content (AvgIpc) is 2.62. The van der Waals surface area contributed by atoms with E-state index in [-0.39, 0.29) is 5.82 Å². The highest BCUT2D eigenvalue weighted by Gasteiger charge is 2.10. The lowest BCUT2D eigenvalue weighted by atomic mass is 10.5. The second-order valence-corrected chi connectivity index (χ2v) is 4.69. The molecule has 0 atom stereocenters. The van der Waals surface area contributed by atoms with Gasteiger partial charge in [-0.2, -0.15) is 0 Å². The molecule has 92 valence electrons. The topological polar surface area (TPSA) is 88.4 Å². The second kappa shape index (κ2) is 6.16. The highest BCUT2D eigenvalue weighted by Crippen LogP contribution is 2.19. The van der Waals surface area contributed by atoms with E-state index < -0.39 is 4.92 Å². The molecule has 0 saturated heterocycles. The number of amides is 1. The first kappa shape index (κ1) is 13.4. The predicted molar refractivity (Wildman–Crippen MR) is 62.9 cm³/mol. The van der Waals surface area contributed by atoms with E-state index in [2.05, 4.69) is 10.3 Å².